The Balaban J connectivity index is 1.43. The molecule has 0 saturated heterocycles. The normalized spacial score (nSPS) is 38.9. The van der Waals surface area contributed by atoms with Gasteiger partial charge in [-0.05, 0) is 91.8 Å². The van der Waals surface area contributed by atoms with E-state index in [-0.39, 0.29) is 47.9 Å². The summed E-state index contributed by atoms with van der Waals surface area (Å²) in [5.74, 6) is 2.48. The van der Waals surface area contributed by atoms with Crippen LogP contribution >= 0.6 is 12.3 Å². The summed E-state index contributed by atoms with van der Waals surface area (Å²) < 4.78 is 45.7. The number of fused-ring (bicyclic) bond motifs is 5. The summed E-state index contributed by atoms with van der Waals surface area (Å²) in [6.45, 7) is 8.50. The molecule has 38 heavy (non-hydrogen) atoms. The van der Waals surface area contributed by atoms with E-state index in [1.165, 1.54) is 5.57 Å². The SMILES string of the molecule is CC(C)[C@@H](C=C[C@@H](C)[C@H]1CCC2C3CC=C4C[C@@H](OSOOO)CC[C@]4(C)C3C[C@H](O)[C@@H]21)COS(=O)(=O)O. The van der Waals surface area contributed by atoms with Gasteiger partial charge in [-0.2, -0.15) is 8.42 Å². The van der Waals surface area contributed by atoms with Crippen LogP contribution in [0.5, 0.6) is 0 Å². The van der Waals surface area contributed by atoms with Gasteiger partial charge in [0.15, 0.2) is 12.3 Å². The van der Waals surface area contributed by atoms with Crippen LogP contribution < -0.4 is 0 Å². The number of hydrogen-bond acceptors (Lipinski definition) is 9. The minimum absolute atomic E-state index is 0.00772. The lowest BCUT2D eigenvalue weighted by atomic mass is 9.49. The van der Waals surface area contributed by atoms with Crippen LogP contribution in [0.2, 0.25) is 0 Å². The largest absolute Gasteiger partial charge is 0.397 e. The van der Waals surface area contributed by atoms with Crippen LogP contribution in [-0.4, -0.2) is 42.1 Å². The molecular formula is C27H44O9S2. The fraction of sp³-hybridized carbons (Fsp3) is 0.852. The van der Waals surface area contributed by atoms with Crippen LogP contribution in [0.1, 0.15) is 72.6 Å². The molecule has 218 valence electrons. The first-order chi connectivity index (χ1) is 17.9. The third-order valence-electron chi connectivity index (χ3n) is 10.3. The second-order valence-corrected chi connectivity index (χ2v) is 14.0. The van der Waals surface area contributed by atoms with E-state index >= 15 is 0 Å². The van der Waals surface area contributed by atoms with Crippen LogP contribution in [0.15, 0.2) is 23.8 Å². The van der Waals surface area contributed by atoms with Gasteiger partial charge in [-0.25, -0.2) is 9.44 Å². The molecule has 4 aliphatic rings. The van der Waals surface area contributed by atoms with Crippen LogP contribution in [0, 0.1) is 52.8 Å². The maximum Gasteiger partial charge on any atom is 0.397 e. The summed E-state index contributed by atoms with van der Waals surface area (Å²) in [7, 11) is -4.46. The Kier molecular flexibility index (Phi) is 10.1. The van der Waals surface area contributed by atoms with Crippen LogP contribution in [0.3, 0.4) is 0 Å². The Morgan fingerprint density at radius 3 is 2.63 bits per heavy atom. The molecule has 0 radical (unpaired) electrons. The van der Waals surface area contributed by atoms with Crippen molar-refractivity contribution < 1.29 is 41.1 Å². The van der Waals surface area contributed by atoms with Gasteiger partial charge in [0.25, 0.3) is 0 Å². The molecule has 0 aromatic carbocycles. The van der Waals surface area contributed by atoms with Crippen LogP contribution in [0.25, 0.3) is 0 Å². The first kappa shape index (κ1) is 30.5. The van der Waals surface area contributed by atoms with Gasteiger partial charge >= 0.3 is 10.4 Å². The van der Waals surface area contributed by atoms with Crippen molar-refractivity contribution in [3.8, 4) is 0 Å². The summed E-state index contributed by atoms with van der Waals surface area (Å²) in [5, 5.41) is 23.5. The molecule has 0 aromatic heterocycles. The smallest absolute Gasteiger partial charge is 0.393 e. The lowest BCUT2D eigenvalue weighted by Crippen LogP contribution is -2.52. The molecule has 3 fully saturated rings. The molecule has 4 aliphatic carbocycles. The van der Waals surface area contributed by atoms with Gasteiger partial charge in [-0.1, -0.05) is 56.5 Å². The van der Waals surface area contributed by atoms with E-state index in [2.05, 4.69) is 39.6 Å². The van der Waals surface area contributed by atoms with E-state index in [0.717, 1.165) is 44.9 Å². The summed E-state index contributed by atoms with van der Waals surface area (Å²) in [4.78, 5) is 0. The quantitative estimate of drug-likeness (QED) is 0.0692. The summed E-state index contributed by atoms with van der Waals surface area (Å²) in [6, 6.07) is 0. The van der Waals surface area contributed by atoms with Gasteiger partial charge in [-0.3, -0.25) is 8.74 Å². The summed E-state index contributed by atoms with van der Waals surface area (Å²) in [5.41, 5.74) is 1.48. The lowest BCUT2D eigenvalue weighted by Gasteiger charge is -2.56. The minimum atomic E-state index is -4.46. The number of allylic oxidation sites excluding steroid dienone is 2. The highest BCUT2D eigenvalue weighted by molar-refractivity contribution is 7.89. The number of aliphatic hydroxyl groups excluding tert-OH is 1. The molecular weight excluding hydrogens is 532 g/mol. The Morgan fingerprint density at radius 2 is 1.95 bits per heavy atom. The third-order valence-corrected chi connectivity index (χ3v) is 11.2. The van der Waals surface area contributed by atoms with Crippen molar-refractivity contribution >= 4 is 22.7 Å². The van der Waals surface area contributed by atoms with Crippen molar-refractivity contribution in [3.05, 3.63) is 23.8 Å². The topological polar surface area (TPSA) is 132 Å². The average molecular weight is 577 g/mol. The molecule has 0 heterocycles. The monoisotopic (exact) mass is 576 g/mol. The fourth-order valence-corrected chi connectivity index (χ4v) is 8.88. The molecule has 0 aromatic rings. The molecule has 3 N–H and O–H groups in total. The van der Waals surface area contributed by atoms with Crippen molar-refractivity contribution in [1.29, 1.82) is 0 Å². The molecule has 4 rings (SSSR count). The highest BCUT2D eigenvalue weighted by atomic mass is 32.3. The number of aliphatic hydroxyl groups is 1. The molecule has 0 amide bonds. The van der Waals surface area contributed by atoms with Gasteiger partial charge in [-0.15, -0.1) is 4.33 Å². The Morgan fingerprint density at radius 1 is 1.18 bits per heavy atom. The first-order valence-electron chi connectivity index (χ1n) is 13.9. The average Bonchev–Trinajstić information content (AvgIpc) is 3.30. The van der Waals surface area contributed by atoms with Gasteiger partial charge in [0.05, 0.1) is 18.8 Å². The molecule has 3 unspecified atom stereocenters. The second-order valence-electron chi connectivity index (χ2n) is 12.5. The molecule has 3 saturated carbocycles. The second kappa shape index (κ2) is 12.6. The lowest BCUT2D eigenvalue weighted by molar-refractivity contribution is -0.434. The van der Waals surface area contributed by atoms with Crippen molar-refractivity contribution in [2.45, 2.75) is 84.8 Å². The van der Waals surface area contributed by atoms with E-state index in [1.807, 2.05) is 19.9 Å². The Labute approximate surface area is 231 Å². The van der Waals surface area contributed by atoms with Gasteiger partial charge in [0.2, 0.25) is 0 Å². The van der Waals surface area contributed by atoms with Gasteiger partial charge in [0.1, 0.15) is 0 Å². The summed E-state index contributed by atoms with van der Waals surface area (Å²) in [6.07, 6.45) is 13.1. The fourth-order valence-electron chi connectivity index (χ4n) is 8.21. The van der Waals surface area contributed by atoms with E-state index in [9.17, 15) is 13.5 Å². The molecule has 10 atom stereocenters. The highest BCUT2D eigenvalue weighted by Crippen LogP contribution is 2.63. The summed E-state index contributed by atoms with van der Waals surface area (Å²) >= 11 is 0.658. The van der Waals surface area contributed by atoms with Crippen molar-refractivity contribution in [3.63, 3.8) is 0 Å². The van der Waals surface area contributed by atoms with Crippen LogP contribution in [-0.2, 0) is 28.1 Å². The molecule has 0 spiro atoms. The zero-order valence-electron chi connectivity index (χ0n) is 22.8. The van der Waals surface area contributed by atoms with Crippen molar-refractivity contribution in [2.75, 3.05) is 6.61 Å². The molecule has 0 bridgehead atoms. The minimum Gasteiger partial charge on any atom is -0.393 e. The number of hydrogen-bond donors (Lipinski definition) is 3. The van der Waals surface area contributed by atoms with Gasteiger partial charge < -0.3 is 5.11 Å². The Hall–Kier alpha value is -0.500. The molecule has 0 aliphatic heterocycles. The standard InChI is InChI=1S/C27H44O9S2/c1-16(2)18(15-33-38(30,31)32)6-5-17(3)21-9-10-23-22-8-7-19-13-20(34-37-36-35-29)11-12-27(19,4)24(22)14-25(28)26(21)23/h5-7,16-18,20-26,28-29H,8-15H2,1-4H3,(H,30,31,32)/t17-,18+,20+,21-,22?,23?,24?,25+,26-,27+/m1/s1. The third kappa shape index (κ3) is 6.69. The van der Waals surface area contributed by atoms with Crippen molar-refractivity contribution in [1.82, 2.24) is 0 Å². The van der Waals surface area contributed by atoms with Crippen molar-refractivity contribution in [2.24, 2.45) is 52.8 Å². The number of rotatable bonds is 11. The van der Waals surface area contributed by atoms with E-state index in [1.54, 1.807) is 0 Å². The molecule has 11 heteroatoms. The van der Waals surface area contributed by atoms with E-state index < -0.39 is 10.4 Å². The first-order valence-corrected chi connectivity index (χ1v) is 16.0. The zero-order valence-corrected chi connectivity index (χ0v) is 24.4. The predicted octanol–water partition coefficient (Wildman–Crippen LogP) is 5.80. The maximum atomic E-state index is 11.5. The Bertz CT molecular complexity index is 968. The highest BCUT2D eigenvalue weighted by Gasteiger charge is 2.57. The van der Waals surface area contributed by atoms with E-state index in [4.69, 9.17) is 14.0 Å². The predicted molar refractivity (Wildman–Crippen MR) is 143 cm³/mol. The zero-order chi connectivity index (χ0) is 27.7. The maximum absolute atomic E-state index is 11.5. The van der Waals surface area contributed by atoms with Crippen LogP contribution in [0.4, 0.5) is 0 Å². The molecule has 9 nitrogen and oxygen atoms in total. The van der Waals surface area contributed by atoms with Gasteiger partial charge in [0, 0.05) is 5.92 Å². The van der Waals surface area contributed by atoms with E-state index in [0.29, 0.717) is 36.0 Å².